The number of likely N-dealkylation sites (N-methyl/N-ethyl adjacent to an activating group) is 1. The van der Waals surface area contributed by atoms with Crippen molar-refractivity contribution in [3.8, 4) is 17.0 Å². The van der Waals surface area contributed by atoms with Gasteiger partial charge >= 0.3 is 0 Å². The van der Waals surface area contributed by atoms with E-state index in [1.807, 2.05) is 26.0 Å². The van der Waals surface area contributed by atoms with Crippen LogP contribution in [0.3, 0.4) is 0 Å². The second-order valence-corrected chi connectivity index (χ2v) is 9.11. The highest BCUT2D eigenvalue weighted by Crippen LogP contribution is 2.36. The SMILES string of the molecule is CCN1C(=O)COc2ccc(-c3csc(NS(=O)(=O)c4ccc(C)cc4)n3)cc21. The van der Waals surface area contributed by atoms with Gasteiger partial charge in [0.1, 0.15) is 5.75 Å². The Morgan fingerprint density at radius 1 is 1.21 bits per heavy atom. The summed E-state index contributed by atoms with van der Waals surface area (Å²) in [6.45, 7) is 4.37. The van der Waals surface area contributed by atoms with E-state index in [1.54, 1.807) is 40.6 Å². The third kappa shape index (κ3) is 3.83. The van der Waals surface area contributed by atoms with Gasteiger partial charge in [-0.2, -0.15) is 0 Å². The van der Waals surface area contributed by atoms with Crippen molar-refractivity contribution in [2.75, 3.05) is 22.8 Å². The number of ether oxygens (including phenoxy) is 1. The van der Waals surface area contributed by atoms with E-state index in [2.05, 4.69) is 9.71 Å². The van der Waals surface area contributed by atoms with Crippen molar-refractivity contribution in [2.45, 2.75) is 18.7 Å². The fourth-order valence-electron chi connectivity index (χ4n) is 3.05. The number of nitrogens with one attached hydrogen (secondary N) is 1. The zero-order valence-corrected chi connectivity index (χ0v) is 17.5. The lowest BCUT2D eigenvalue weighted by Gasteiger charge is -2.28. The van der Waals surface area contributed by atoms with Crippen LogP contribution >= 0.6 is 11.3 Å². The van der Waals surface area contributed by atoms with Crippen molar-refractivity contribution in [2.24, 2.45) is 0 Å². The lowest BCUT2D eigenvalue weighted by atomic mass is 10.1. The smallest absolute Gasteiger partial charge is 0.265 e. The largest absolute Gasteiger partial charge is 0.482 e. The number of rotatable bonds is 5. The summed E-state index contributed by atoms with van der Waals surface area (Å²) in [5, 5.41) is 2.05. The van der Waals surface area contributed by atoms with Gasteiger partial charge in [-0.15, -0.1) is 11.3 Å². The number of hydrogen-bond donors (Lipinski definition) is 1. The van der Waals surface area contributed by atoms with Crippen molar-refractivity contribution in [1.82, 2.24) is 4.98 Å². The summed E-state index contributed by atoms with van der Waals surface area (Å²) in [5.41, 5.74) is 3.07. The Balaban J connectivity index is 1.60. The van der Waals surface area contributed by atoms with Crippen LogP contribution in [0.1, 0.15) is 12.5 Å². The Morgan fingerprint density at radius 2 is 1.97 bits per heavy atom. The van der Waals surface area contributed by atoms with Gasteiger partial charge in [-0.1, -0.05) is 17.7 Å². The molecule has 0 unspecified atom stereocenters. The van der Waals surface area contributed by atoms with Gasteiger partial charge in [-0.25, -0.2) is 13.4 Å². The first-order valence-corrected chi connectivity index (χ1v) is 11.4. The van der Waals surface area contributed by atoms with Crippen LogP contribution in [0.2, 0.25) is 0 Å². The zero-order chi connectivity index (χ0) is 20.6. The average molecular weight is 430 g/mol. The topological polar surface area (TPSA) is 88.6 Å². The van der Waals surface area contributed by atoms with Gasteiger partial charge in [0.2, 0.25) is 0 Å². The minimum absolute atomic E-state index is 0.0296. The molecular weight excluding hydrogens is 410 g/mol. The first-order valence-electron chi connectivity index (χ1n) is 9.00. The van der Waals surface area contributed by atoms with Gasteiger partial charge < -0.3 is 9.64 Å². The lowest BCUT2D eigenvalue weighted by Crippen LogP contribution is -2.38. The number of sulfonamides is 1. The van der Waals surface area contributed by atoms with Crippen LogP contribution in [-0.2, 0) is 14.8 Å². The lowest BCUT2D eigenvalue weighted by molar-refractivity contribution is -0.121. The number of nitrogens with zero attached hydrogens (tertiary/aromatic N) is 2. The number of thiazole rings is 1. The van der Waals surface area contributed by atoms with Crippen molar-refractivity contribution in [3.05, 3.63) is 53.4 Å². The van der Waals surface area contributed by atoms with E-state index in [9.17, 15) is 13.2 Å². The molecule has 0 bridgehead atoms. The Hall–Kier alpha value is -2.91. The molecule has 2 heterocycles. The van der Waals surface area contributed by atoms with Crippen LogP contribution in [0.4, 0.5) is 10.8 Å². The maximum absolute atomic E-state index is 12.6. The Labute approximate surface area is 173 Å². The first-order chi connectivity index (χ1) is 13.9. The minimum atomic E-state index is -3.71. The maximum atomic E-state index is 12.6. The average Bonchev–Trinajstić information content (AvgIpc) is 3.15. The molecule has 0 radical (unpaired) electrons. The summed E-state index contributed by atoms with van der Waals surface area (Å²) in [5.74, 6) is 0.549. The van der Waals surface area contributed by atoms with Crippen LogP contribution in [0, 0.1) is 6.92 Å². The van der Waals surface area contributed by atoms with Gasteiger partial charge in [0, 0.05) is 17.5 Å². The molecule has 0 saturated carbocycles. The van der Waals surface area contributed by atoms with E-state index >= 15 is 0 Å². The molecule has 29 heavy (non-hydrogen) atoms. The molecule has 2 aromatic carbocycles. The second kappa shape index (κ2) is 7.49. The number of aryl methyl sites for hydroxylation is 1. The van der Waals surface area contributed by atoms with Crippen molar-refractivity contribution in [3.63, 3.8) is 0 Å². The molecule has 1 amide bonds. The van der Waals surface area contributed by atoms with Gasteiger partial charge in [-0.3, -0.25) is 9.52 Å². The summed E-state index contributed by atoms with van der Waals surface area (Å²) in [4.78, 5) is 18.3. The quantitative estimate of drug-likeness (QED) is 0.669. The molecule has 7 nitrogen and oxygen atoms in total. The second-order valence-electron chi connectivity index (χ2n) is 6.57. The normalized spacial score (nSPS) is 13.7. The van der Waals surface area contributed by atoms with Gasteiger partial charge in [0.05, 0.1) is 16.3 Å². The molecule has 1 aliphatic rings. The molecule has 150 valence electrons. The molecule has 4 rings (SSSR count). The van der Waals surface area contributed by atoms with Crippen LogP contribution in [0.25, 0.3) is 11.3 Å². The van der Waals surface area contributed by atoms with Gasteiger partial charge in [0.15, 0.2) is 11.7 Å². The predicted molar refractivity (Wildman–Crippen MR) is 113 cm³/mol. The number of hydrogen-bond acceptors (Lipinski definition) is 6. The fourth-order valence-corrected chi connectivity index (χ4v) is 5.03. The van der Waals surface area contributed by atoms with Crippen molar-refractivity contribution in [1.29, 1.82) is 0 Å². The third-order valence-corrected chi connectivity index (χ3v) is 6.81. The molecule has 1 N–H and O–H groups in total. The Kier molecular flexibility index (Phi) is 5.01. The standard InChI is InChI=1S/C20H19N3O4S2/c1-3-23-17-10-14(6-9-18(17)27-11-19(23)24)16-12-28-20(21-16)22-29(25,26)15-7-4-13(2)5-8-15/h4-10,12H,3,11H2,1-2H3,(H,21,22). The van der Waals surface area contributed by atoms with Gasteiger partial charge in [0.25, 0.3) is 15.9 Å². The highest BCUT2D eigenvalue weighted by molar-refractivity contribution is 7.93. The summed E-state index contributed by atoms with van der Waals surface area (Å²) in [6.07, 6.45) is 0. The monoisotopic (exact) mass is 429 g/mol. The number of fused-ring (bicyclic) bond motifs is 1. The highest BCUT2D eigenvalue weighted by Gasteiger charge is 2.25. The van der Waals surface area contributed by atoms with E-state index in [4.69, 9.17) is 4.74 Å². The molecule has 0 atom stereocenters. The molecule has 3 aromatic rings. The Morgan fingerprint density at radius 3 is 2.69 bits per heavy atom. The molecule has 1 aromatic heterocycles. The number of carbonyl (C=O) groups is 1. The molecule has 0 spiro atoms. The van der Waals surface area contributed by atoms with E-state index in [1.165, 1.54) is 11.3 Å². The predicted octanol–water partition coefficient (Wildman–Crippen LogP) is 3.66. The van der Waals surface area contributed by atoms with E-state index in [0.29, 0.717) is 23.7 Å². The van der Waals surface area contributed by atoms with Crippen LogP contribution in [0.15, 0.2) is 52.7 Å². The number of anilines is 2. The molecule has 0 aliphatic carbocycles. The van der Waals surface area contributed by atoms with E-state index in [-0.39, 0.29) is 22.5 Å². The minimum Gasteiger partial charge on any atom is -0.482 e. The zero-order valence-electron chi connectivity index (χ0n) is 15.9. The summed E-state index contributed by atoms with van der Waals surface area (Å²) < 4.78 is 33.1. The Bertz CT molecular complexity index is 1170. The molecule has 1 aliphatic heterocycles. The van der Waals surface area contributed by atoms with Crippen LogP contribution in [0.5, 0.6) is 5.75 Å². The van der Waals surface area contributed by atoms with Crippen LogP contribution < -0.4 is 14.4 Å². The third-order valence-electron chi connectivity index (χ3n) is 4.57. The van der Waals surface area contributed by atoms with E-state index in [0.717, 1.165) is 11.1 Å². The molecule has 9 heteroatoms. The number of aromatic nitrogens is 1. The number of carbonyl (C=O) groups excluding carboxylic acids is 1. The van der Waals surface area contributed by atoms with Gasteiger partial charge in [-0.05, 0) is 44.2 Å². The van der Waals surface area contributed by atoms with Crippen LogP contribution in [-0.4, -0.2) is 32.5 Å². The first kappa shape index (κ1) is 19.4. The van der Waals surface area contributed by atoms with E-state index < -0.39 is 10.0 Å². The molecule has 0 saturated heterocycles. The summed E-state index contributed by atoms with van der Waals surface area (Å²) >= 11 is 1.20. The molecular formula is C20H19N3O4S2. The number of amides is 1. The van der Waals surface area contributed by atoms with Crippen molar-refractivity contribution >= 4 is 38.1 Å². The fraction of sp³-hybridized carbons (Fsp3) is 0.200. The maximum Gasteiger partial charge on any atom is 0.265 e. The number of benzene rings is 2. The summed E-state index contributed by atoms with van der Waals surface area (Å²) in [6, 6.07) is 12.1. The summed E-state index contributed by atoms with van der Waals surface area (Å²) in [7, 11) is -3.71. The van der Waals surface area contributed by atoms with Crippen molar-refractivity contribution < 1.29 is 17.9 Å². The molecule has 0 fully saturated rings. The highest BCUT2D eigenvalue weighted by atomic mass is 32.2.